The van der Waals surface area contributed by atoms with Gasteiger partial charge in [0.15, 0.2) is 5.82 Å². The minimum atomic E-state index is -3.72. The Balaban J connectivity index is 2.08. The molecule has 138 valence electrons. The average Bonchev–Trinajstić information content (AvgIpc) is 3.00. The first-order chi connectivity index (χ1) is 12.3. The number of benzene rings is 2. The zero-order chi connectivity index (χ0) is 18.9. The van der Waals surface area contributed by atoms with E-state index in [1.807, 2.05) is 38.1 Å². The van der Waals surface area contributed by atoms with E-state index in [-0.39, 0.29) is 10.8 Å². The van der Waals surface area contributed by atoms with Gasteiger partial charge in [0.1, 0.15) is 0 Å². The van der Waals surface area contributed by atoms with Crippen molar-refractivity contribution in [3.8, 4) is 0 Å². The van der Waals surface area contributed by atoms with Crippen LogP contribution in [0.1, 0.15) is 26.3 Å². The molecule has 0 saturated heterocycles. The Morgan fingerprint density at radius 1 is 1.15 bits per heavy atom. The molecule has 3 rings (SSSR count). The van der Waals surface area contributed by atoms with E-state index in [0.717, 1.165) is 6.42 Å². The third kappa shape index (κ3) is 3.39. The maximum atomic E-state index is 13.4. The van der Waals surface area contributed by atoms with E-state index in [2.05, 4.69) is 17.1 Å². The molecule has 3 aromatic rings. The highest BCUT2D eigenvalue weighted by atomic mass is 32.2. The summed E-state index contributed by atoms with van der Waals surface area (Å²) >= 11 is 0. The molecule has 7 heteroatoms. The van der Waals surface area contributed by atoms with Gasteiger partial charge in [-0.05, 0) is 48.2 Å². The molecule has 1 aromatic heterocycles. The number of sulfonamides is 1. The van der Waals surface area contributed by atoms with Crippen LogP contribution in [0, 0.1) is 5.92 Å². The van der Waals surface area contributed by atoms with Crippen LogP contribution in [-0.2, 0) is 16.4 Å². The first kappa shape index (κ1) is 18.3. The highest BCUT2D eigenvalue weighted by Gasteiger charge is 2.26. The van der Waals surface area contributed by atoms with Gasteiger partial charge in [0.25, 0.3) is 10.0 Å². The number of hydrogen-bond donors (Lipinski definition) is 2. The van der Waals surface area contributed by atoms with E-state index in [0.29, 0.717) is 29.0 Å². The Kier molecular flexibility index (Phi) is 4.91. The Bertz CT molecular complexity index is 1010. The van der Waals surface area contributed by atoms with Gasteiger partial charge in [0.05, 0.1) is 16.1 Å². The van der Waals surface area contributed by atoms with Gasteiger partial charge in [-0.25, -0.2) is 8.42 Å². The van der Waals surface area contributed by atoms with E-state index in [1.165, 1.54) is 9.87 Å². The van der Waals surface area contributed by atoms with Crippen LogP contribution in [0.2, 0.25) is 0 Å². The summed E-state index contributed by atoms with van der Waals surface area (Å²) < 4.78 is 28.2. The van der Waals surface area contributed by atoms with E-state index in [9.17, 15) is 8.42 Å². The summed E-state index contributed by atoms with van der Waals surface area (Å²) in [5, 5.41) is 7.33. The van der Waals surface area contributed by atoms with Crippen LogP contribution in [0.5, 0.6) is 0 Å². The molecule has 0 spiro atoms. The maximum Gasteiger partial charge on any atom is 0.264 e. The van der Waals surface area contributed by atoms with Crippen LogP contribution in [-0.4, -0.2) is 25.2 Å². The van der Waals surface area contributed by atoms with Crippen LogP contribution >= 0.6 is 0 Å². The number of nitrogens with zero attached hydrogens (tertiary/aromatic N) is 2. The minimum Gasteiger partial charge on any atom is -0.382 e. The topological polar surface area (TPSA) is 92.1 Å². The maximum absolute atomic E-state index is 13.4. The van der Waals surface area contributed by atoms with Crippen molar-refractivity contribution in [3.63, 3.8) is 0 Å². The zero-order valence-corrected chi connectivity index (χ0v) is 16.0. The monoisotopic (exact) mass is 372 g/mol. The van der Waals surface area contributed by atoms with Gasteiger partial charge in [0, 0.05) is 11.9 Å². The minimum absolute atomic E-state index is 0.179. The van der Waals surface area contributed by atoms with E-state index < -0.39 is 10.0 Å². The molecule has 0 bridgehead atoms. The van der Waals surface area contributed by atoms with Gasteiger partial charge < -0.3 is 5.73 Å². The zero-order valence-electron chi connectivity index (χ0n) is 15.2. The first-order valence-electron chi connectivity index (χ1n) is 8.68. The number of aryl methyl sites for hydroxylation is 1. The summed E-state index contributed by atoms with van der Waals surface area (Å²) in [5.41, 5.74) is 8.38. The third-order valence-corrected chi connectivity index (χ3v) is 6.11. The molecule has 3 N–H and O–H groups in total. The third-order valence-electron chi connectivity index (χ3n) is 4.32. The smallest absolute Gasteiger partial charge is 0.264 e. The molecule has 0 amide bonds. The van der Waals surface area contributed by atoms with Crippen molar-refractivity contribution in [2.24, 2.45) is 5.92 Å². The molecule has 2 aromatic carbocycles. The molecule has 26 heavy (non-hydrogen) atoms. The van der Waals surface area contributed by atoms with E-state index in [1.54, 1.807) is 18.2 Å². The summed E-state index contributed by atoms with van der Waals surface area (Å²) in [6.45, 7) is 6.47. The molecule has 0 unspecified atom stereocenters. The molecule has 0 aliphatic carbocycles. The van der Waals surface area contributed by atoms with Gasteiger partial charge >= 0.3 is 0 Å². The van der Waals surface area contributed by atoms with Crippen molar-refractivity contribution in [1.82, 2.24) is 10.2 Å². The highest BCUT2D eigenvalue weighted by Crippen LogP contribution is 2.28. The van der Waals surface area contributed by atoms with Crippen molar-refractivity contribution in [1.29, 1.82) is 0 Å². The largest absolute Gasteiger partial charge is 0.382 e. The highest BCUT2D eigenvalue weighted by molar-refractivity contribution is 7.92. The molecule has 0 atom stereocenters. The number of rotatable bonds is 6. The number of nitrogens with two attached hydrogens (primary N) is 1. The van der Waals surface area contributed by atoms with Gasteiger partial charge in [-0.3, -0.25) is 9.40 Å². The Morgan fingerprint density at radius 3 is 2.46 bits per heavy atom. The number of H-pyrrole nitrogens is 1. The molecule has 0 aliphatic rings. The van der Waals surface area contributed by atoms with Gasteiger partial charge in [0.2, 0.25) is 0 Å². The van der Waals surface area contributed by atoms with Crippen LogP contribution in [0.4, 0.5) is 11.5 Å². The van der Waals surface area contributed by atoms with E-state index >= 15 is 0 Å². The van der Waals surface area contributed by atoms with Crippen molar-refractivity contribution in [2.75, 3.05) is 16.6 Å². The fraction of sp³-hybridized carbons (Fsp3) is 0.316. The van der Waals surface area contributed by atoms with Gasteiger partial charge in [-0.2, -0.15) is 5.10 Å². The summed E-state index contributed by atoms with van der Waals surface area (Å²) in [6.07, 6.45) is 0.910. The number of aromatic amines is 1. The molecule has 0 radical (unpaired) electrons. The van der Waals surface area contributed by atoms with Crippen molar-refractivity contribution >= 4 is 32.4 Å². The Morgan fingerprint density at radius 2 is 1.85 bits per heavy atom. The molecular formula is C19H24N4O2S. The second-order valence-corrected chi connectivity index (χ2v) is 8.63. The van der Waals surface area contributed by atoms with E-state index in [4.69, 9.17) is 5.73 Å². The molecule has 0 saturated carbocycles. The Hall–Kier alpha value is -2.54. The van der Waals surface area contributed by atoms with Crippen molar-refractivity contribution in [3.05, 3.63) is 48.0 Å². The number of nitrogen functional groups attached to an aromatic ring is 1. The Labute approximate surface area is 154 Å². The summed E-state index contributed by atoms with van der Waals surface area (Å²) in [4.78, 5) is 0.207. The average molecular weight is 372 g/mol. The summed E-state index contributed by atoms with van der Waals surface area (Å²) in [6, 6.07) is 12.5. The number of aromatic nitrogens is 2. The van der Waals surface area contributed by atoms with Gasteiger partial charge in [-0.15, -0.1) is 0 Å². The predicted molar refractivity (Wildman–Crippen MR) is 106 cm³/mol. The predicted octanol–water partition coefficient (Wildman–Crippen LogP) is 3.56. The standard InChI is InChI=1S/C19H24N4O2S/c1-4-14-5-7-15(8-6-14)23(12-13(2)3)26(24,25)16-9-10-18-17(11-16)19(20)22-21-18/h5-11,13H,4,12H2,1-3H3,(H3,20,21,22). The molecular weight excluding hydrogens is 348 g/mol. The quantitative estimate of drug-likeness (QED) is 0.692. The van der Waals surface area contributed by atoms with Crippen LogP contribution in [0.3, 0.4) is 0 Å². The summed E-state index contributed by atoms with van der Waals surface area (Å²) in [5.74, 6) is 0.470. The van der Waals surface area contributed by atoms with Crippen LogP contribution in [0.15, 0.2) is 47.4 Å². The fourth-order valence-corrected chi connectivity index (χ4v) is 4.53. The number of fused-ring (bicyclic) bond motifs is 1. The lowest BCUT2D eigenvalue weighted by Crippen LogP contribution is -2.34. The lowest BCUT2D eigenvalue weighted by molar-refractivity contribution is 0.578. The van der Waals surface area contributed by atoms with Crippen molar-refractivity contribution < 1.29 is 8.42 Å². The number of anilines is 2. The SMILES string of the molecule is CCc1ccc(N(CC(C)C)S(=O)(=O)c2ccc3[nH]nc(N)c3c2)cc1. The molecule has 6 nitrogen and oxygen atoms in total. The fourth-order valence-electron chi connectivity index (χ4n) is 2.87. The second kappa shape index (κ2) is 6.99. The lowest BCUT2D eigenvalue weighted by atomic mass is 10.1. The number of nitrogens with one attached hydrogen (secondary N) is 1. The van der Waals surface area contributed by atoms with Crippen LogP contribution in [0.25, 0.3) is 10.9 Å². The first-order valence-corrected chi connectivity index (χ1v) is 10.1. The normalized spacial score (nSPS) is 12.0. The summed E-state index contributed by atoms with van der Waals surface area (Å²) in [7, 11) is -3.72. The van der Waals surface area contributed by atoms with Gasteiger partial charge in [-0.1, -0.05) is 32.9 Å². The lowest BCUT2D eigenvalue weighted by Gasteiger charge is -2.26. The second-order valence-electron chi connectivity index (χ2n) is 6.77. The molecule has 0 aliphatic heterocycles. The number of hydrogen-bond acceptors (Lipinski definition) is 4. The molecule has 0 fully saturated rings. The van der Waals surface area contributed by atoms with Crippen LogP contribution < -0.4 is 10.0 Å². The molecule has 1 heterocycles. The van der Waals surface area contributed by atoms with Crippen molar-refractivity contribution in [2.45, 2.75) is 32.1 Å².